The van der Waals surface area contributed by atoms with Crippen molar-refractivity contribution >= 4 is 28.4 Å². The molecule has 0 saturated heterocycles. The maximum Gasteiger partial charge on any atom is 0.251 e. The van der Waals surface area contributed by atoms with Gasteiger partial charge in [0.25, 0.3) is 5.91 Å². The van der Waals surface area contributed by atoms with Crippen molar-refractivity contribution in [2.45, 2.75) is 38.6 Å². The van der Waals surface area contributed by atoms with Gasteiger partial charge in [-0.15, -0.1) is 0 Å². The molecule has 0 saturated carbocycles. The van der Waals surface area contributed by atoms with Crippen LogP contribution in [0.2, 0.25) is 5.02 Å². The predicted octanol–water partition coefficient (Wildman–Crippen LogP) is 5.36. The van der Waals surface area contributed by atoms with Crippen LogP contribution < -0.4 is 5.32 Å². The molecule has 0 unspecified atom stereocenters. The third-order valence-corrected chi connectivity index (χ3v) is 5.48. The van der Waals surface area contributed by atoms with Gasteiger partial charge in [0, 0.05) is 22.5 Å². The first-order valence-corrected chi connectivity index (χ1v) is 10.2. The molecule has 0 atom stereocenters. The van der Waals surface area contributed by atoms with Crippen LogP contribution in [0.15, 0.2) is 60.3 Å². The quantitative estimate of drug-likeness (QED) is 0.573. The van der Waals surface area contributed by atoms with Crippen LogP contribution in [0.3, 0.4) is 0 Å². The minimum absolute atomic E-state index is 0.0335. The first-order valence-electron chi connectivity index (χ1n) is 9.85. The highest BCUT2D eigenvalue weighted by atomic mass is 35.5. The third-order valence-electron chi connectivity index (χ3n) is 5.24. The Morgan fingerprint density at radius 3 is 2.93 bits per heavy atom. The Kier molecular flexibility index (Phi) is 5.77. The molecule has 1 aliphatic carbocycles. The Morgan fingerprint density at radius 1 is 1.18 bits per heavy atom. The van der Waals surface area contributed by atoms with Crippen molar-refractivity contribution in [1.82, 2.24) is 15.1 Å². The highest BCUT2D eigenvalue weighted by Gasteiger charge is 2.11. The van der Waals surface area contributed by atoms with E-state index in [1.807, 2.05) is 53.3 Å². The van der Waals surface area contributed by atoms with E-state index in [2.05, 4.69) is 16.5 Å². The number of nitrogens with one attached hydrogen (secondary N) is 1. The number of nitrogens with zero attached hydrogens (tertiary/aromatic N) is 2. The average Bonchev–Trinajstić information content (AvgIpc) is 3.11. The number of aromatic nitrogens is 2. The summed E-state index contributed by atoms with van der Waals surface area (Å²) in [7, 11) is 0. The smallest absolute Gasteiger partial charge is 0.251 e. The number of benzene rings is 2. The van der Waals surface area contributed by atoms with Crippen LogP contribution >= 0.6 is 11.6 Å². The van der Waals surface area contributed by atoms with E-state index in [-0.39, 0.29) is 5.91 Å². The number of hydrogen-bond acceptors (Lipinski definition) is 2. The summed E-state index contributed by atoms with van der Waals surface area (Å²) in [6.45, 7) is 1.30. The monoisotopic (exact) mass is 393 g/mol. The molecular weight excluding hydrogens is 370 g/mol. The Hall–Kier alpha value is -2.59. The van der Waals surface area contributed by atoms with Crippen LogP contribution in [0, 0.1) is 0 Å². The summed E-state index contributed by atoms with van der Waals surface area (Å²) in [4.78, 5) is 12.6. The van der Waals surface area contributed by atoms with E-state index in [9.17, 15) is 4.79 Å². The molecule has 0 spiro atoms. The Bertz CT molecular complexity index is 1020. The van der Waals surface area contributed by atoms with Gasteiger partial charge in [-0.3, -0.25) is 9.48 Å². The van der Waals surface area contributed by atoms with E-state index in [0.717, 1.165) is 22.9 Å². The van der Waals surface area contributed by atoms with Gasteiger partial charge in [0.05, 0.1) is 18.3 Å². The van der Waals surface area contributed by atoms with Gasteiger partial charge >= 0.3 is 0 Å². The lowest BCUT2D eigenvalue weighted by Crippen LogP contribution is -2.24. The van der Waals surface area contributed by atoms with E-state index < -0.39 is 0 Å². The van der Waals surface area contributed by atoms with Crippen molar-refractivity contribution in [3.8, 4) is 0 Å². The van der Waals surface area contributed by atoms with Crippen molar-refractivity contribution < 1.29 is 4.79 Å². The van der Waals surface area contributed by atoms with Crippen molar-refractivity contribution in [3.05, 3.63) is 76.5 Å². The molecule has 2 aromatic carbocycles. The molecule has 1 aromatic heterocycles. The zero-order valence-electron chi connectivity index (χ0n) is 15.8. The summed E-state index contributed by atoms with van der Waals surface area (Å²) < 4.78 is 1.91. The number of halogens is 1. The maximum absolute atomic E-state index is 12.6. The molecule has 5 heteroatoms. The highest BCUT2D eigenvalue weighted by Crippen LogP contribution is 2.20. The predicted molar refractivity (Wildman–Crippen MR) is 114 cm³/mol. The number of fused-ring (bicyclic) bond motifs is 1. The van der Waals surface area contributed by atoms with Gasteiger partial charge in [0.15, 0.2) is 0 Å². The van der Waals surface area contributed by atoms with Gasteiger partial charge in [-0.2, -0.15) is 5.10 Å². The molecule has 1 heterocycles. The van der Waals surface area contributed by atoms with Crippen LogP contribution in [-0.4, -0.2) is 22.2 Å². The molecule has 28 heavy (non-hydrogen) atoms. The van der Waals surface area contributed by atoms with E-state index in [1.54, 1.807) is 0 Å². The van der Waals surface area contributed by atoms with Crippen LogP contribution in [-0.2, 0) is 6.54 Å². The lowest BCUT2D eigenvalue weighted by molar-refractivity contribution is 0.0954. The molecule has 1 N–H and O–H groups in total. The average molecular weight is 394 g/mol. The molecule has 1 aliphatic rings. The van der Waals surface area contributed by atoms with Crippen molar-refractivity contribution in [1.29, 1.82) is 0 Å². The fourth-order valence-electron chi connectivity index (χ4n) is 3.72. The fourth-order valence-corrected chi connectivity index (χ4v) is 3.93. The second kappa shape index (κ2) is 8.61. The standard InChI is InChI=1S/C23H24ClN3O/c24-21-8-4-7-18(13-21)16-27-22-14-19(9-10-20(22)15-26-27)23(28)25-12-11-17-5-2-1-3-6-17/h4-5,7-10,13-15H,1-3,6,11-12,16H2,(H,25,28). The first kappa shape index (κ1) is 18.8. The normalized spacial score (nSPS) is 14.1. The minimum atomic E-state index is -0.0335. The number of allylic oxidation sites excluding steroid dienone is 1. The summed E-state index contributed by atoms with van der Waals surface area (Å²) in [6, 6.07) is 13.5. The van der Waals surface area contributed by atoms with Gasteiger partial charge in [0.1, 0.15) is 0 Å². The van der Waals surface area contributed by atoms with E-state index in [1.165, 1.54) is 31.3 Å². The SMILES string of the molecule is O=C(NCCC1=CCCCC1)c1ccc2cnn(Cc3cccc(Cl)c3)c2c1. The fraction of sp³-hybridized carbons (Fsp3) is 0.304. The molecule has 3 aromatic rings. The van der Waals surface area contributed by atoms with Crippen molar-refractivity contribution in [2.75, 3.05) is 6.54 Å². The number of carbonyl (C=O) groups is 1. The van der Waals surface area contributed by atoms with E-state index >= 15 is 0 Å². The maximum atomic E-state index is 12.6. The Morgan fingerprint density at radius 2 is 2.11 bits per heavy atom. The molecular formula is C23H24ClN3O. The molecule has 0 aliphatic heterocycles. The molecule has 0 bridgehead atoms. The van der Waals surface area contributed by atoms with Crippen LogP contribution in [0.5, 0.6) is 0 Å². The molecule has 0 fully saturated rings. The first-order chi connectivity index (χ1) is 13.7. The summed E-state index contributed by atoms with van der Waals surface area (Å²) in [5.74, 6) is -0.0335. The highest BCUT2D eigenvalue weighted by molar-refractivity contribution is 6.30. The lowest BCUT2D eigenvalue weighted by atomic mass is 9.97. The molecule has 144 valence electrons. The number of carbonyl (C=O) groups excluding carboxylic acids is 1. The van der Waals surface area contributed by atoms with Crippen molar-refractivity contribution in [3.63, 3.8) is 0 Å². The van der Waals surface area contributed by atoms with E-state index in [4.69, 9.17) is 11.6 Å². The summed E-state index contributed by atoms with van der Waals surface area (Å²) in [6.07, 6.45) is 10.0. The molecule has 4 nitrogen and oxygen atoms in total. The van der Waals surface area contributed by atoms with Gasteiger partial charge in [-0.05, 0) is 61.9 Å². The number of hydrogen-bond donors (Lipinski definition) is 1. The summed E-state index contributed by atoms with van der Waals surface area (Å²) in [5, 5.41) is 9.26. The lowest BCUT2D eigenvalue weighted by Gasteiger charge is -2.13. The molecule has 4 rings (SSSR count). The van der Waals surface area contributed by atoms with Crippen LogP contribution in [0.4, 0.5) is 0 Å². The van der Waals surface area contributed by atoms with E-state index in [0.29, 0.717) is 23.7 Å². The zero-order valence-corrected chi connectivity index (χ0v) is 16.6. The number of rotatable bonds is 6. The second-order valence-electron chi connectivity index (χ2n) is 7.32. The minimum Gasteiger partial charge on any atom is -0.352 e. The number of amides is 1. The van der Waals surface area contributed by atoms with Crippen LogP contribution in [0.1, 0.15) is 48.0 Å². The van der Waals surface area contributed by atoms with Gasteiger partial charge in [-0.25, -0.2) is 0 Å². The van der Waals surface area contributed by atoms with Gasteiger partial charge in [-0.1, -0.05) is 41.4 Å². The van der Waals surface area contributed by atoms with Gasteiger partial charge < -0.3 is 5.32 Å². The second-order valence-corrected chi connectivity index (χ2v) is 7.76. The largest absolute Gasteiger partial charge is 0.352 e. The topological polar surface area (TPSA) is 46.9 Å². The Labute approximate surface area is 170 Å². The van der Waals surface area contributed by atoms with Crippen LogP contribution in [0.25, 0.3) is 10.9 Å². The van der Waals surface area contributed by atoms with Crippen molar-refractivity contribution in [2.24, 2.45) is 0 Å². The Balaban J connectivity index is 1.45. The molecule has 1 amide bonds. The summed E-state index contributed by atoms with van der Waals surface area (Å²) in [5.41, 5.74) is 4.16. The van der Waals surface area contributed by atoms with Gasteiger partial charge in [0.2, 0.25) is 0 Å². The third kappa shape index (κ3) is 4.45. The zero-order chi connectivity index (χ0) is 19.3. The molecule has 0 radical (unpaired) electrons. The summed E-state index contributed by atoms with van der Waals surface area (Å²) >= 11 is 6.09.